The summed E-state index contributed by atoms with van der Waals surface area (Å²) in [6, 6.07) is 9.59. The van der Waals surface area contributed by atoms with Crippen molar-refractivity contribution in [2.24, 2.45) is 11.8 Å². The Balaban J connectivity index is 2.12. The molecule has 1 amide bonds. The Hall–Kier alpha value is -1.39. The molecule has 4 nitrogen and oxygen atoms in total. The summed E-state index contributed by atoms with van der Waals surface area (Å²) in [6.45, 7) is 5.40. The number of amides is 1. The normalized spacial score (nSPS) is 25.8. The largest absolute Gasteiger partial charge is 0.394 e. The number of hydrogen-bond donors (Lipinski definition) is 3. The summed E-state index contributed by atoms with van der Waals surface area (Å²) in [4.78, 5) is 12.3. The molecule has 2 rings (SSSR count). The topological polar surface area (TPSA) is 61.4 Å². The average Bonchev–Trinajstić information content (AvgIpc) is 2.86. The van der Waals surface area contributed by atoms with Gasteiger partial charge in [0.2, 0.25) is 5.91 Å². The summed E-state index contributed by atoms with van der Waals surface area (Å²) in [5.41, 5.74) is 0.199. The average molecular weight is 262 g/mol. The minimum atomic E-state index is -0.722. The molecule has 1 unspecified atom stereocenters. The second-order valence-electron chi connectivity index (χ2n) is 5.59. The van der Waals surface area contributed by atoms with Crippen LogP contribution in [-0.4, -0.2) is 30.7 Å². The molecule has 1 fully saturated rings. The molecule has 1 aromatic rings. The fraction of sp³-hybridized carbons (Fsp3) is 0.533. The van der Waals surface area contributed by atoms with E-state index in [9.17, 15) is 9.90 Å². The van der Waals surface area contributed by atoms with E-state index in [0.717, 1.165) is 12.1 Å². The maximum Gasteiger partial charge on any atom is 0.225 e. The number of aliphatic hydroxyl groups excluding tert-OH is 1. The first-order chi connectivity index (χ1) is 9.07. The van der Waals surface area contributed by atoms with Crippen molar-refractivity contribution in [2.75, 3.05) is 19.7 Å². The molecule has 0 saturated carbocycles. The minimum Gasteiger partial charge on any atom is -0.394 e. The van der Waals surface area contributed by atoms with Gasteiger partial charge in [-0.3, -0.25) is 4.79 Å². The van der Waals surface area contributed by atoms with Crippen molar-refractivity contribution in [2.45, 2.75) is 19.4 Å². The van der Waals surface area contributed by atoms with Crippen molar-refractivity contribution in [3.8, 4) is 0 Å². The molecule has 1 aliphatic heterocycles. The molecule has 19 heavy (non-hydrogen) atoms. The molecule has 1 aromatic carbocycles. The predicted molar refractivity (Wildman–Crippen MR) is 74.5 cm³/mol. The zero-order valence-electron chi connectivity index (χ0n) is 11.5. The Labute approximate surface area is 114 Å². The molecule has 0 aliphatic carbocycles. The highest BCUT2D eigenvalue weighted by atomic mass is 16.3. The monoisotopic (exact) mass is 262 g/mol. The van der Waals surface area contributed by atoms with Crippen LogP contribution in [0.2, 0.25) is 0 Å². The lowest BCUT2D eigenvalue weighted by Gasteiger charge is -2.31. The predicted octanol–water partition coefficient (Wildman–Crippen LogP) is 0.866. The SMILES string of the molecule is C[C@@H]1CNC[C@H]1C(=O)NC(C)(CO)c1ccccc1. The van der Waals surface area contributed by atoms with E-state index in [4.69, 9.17) is 0 Å². The fourth-order valence-corrected chi connectivity index (χ4v) is 2.53. The van der Waals surface area contributed by atoms with Gasteiger partial charge in [-0.15, -0.1) is 0 Å². The Morgan fingerprint density at radius 1 is 1.42 bits per heavy atom. The number of carbonyl (C=O) groups is 1. The van der Waals surface area contributed by atoms with Crippen LogP contribution in [0.4, 0.5) is 0 Å². The molecular formula is C15H22N2O2. The third kappa shape index (κ3) is 2.96. The van der Waals surface area contributed by atoms with E-state index in [2.05, 4.69) is 17.6 Å². The minimum absolute atomic E-state index is 0.0119. The smallest absolute Gasteiger partial charge is 0.225 e. The molecule has 3 atom stereocenters. The lowest BCUT2D eigenvalue weighted by molar-refractivity contribution is -0.127. The van der Waals surface area contributed by atoms with Crippen LogP contribution in [0.15, 0.2) is 30.3 Å². The van der Waals surface area contributed by atoms with Gasteiger partial charge in [-0.2, -0.15) is 0 Å². The number of rotatable bonds is 4. The van der Waals surface area contributed by atoms with Crippen molar-refractivity contribution in [3.63, 3.8) is 0 Å². The molecule has 1 heterocycles. The van der Waals surface area contributed by atoms with Crippen LogP contribution in [0, 0.1) is 11.8 Å². The van der Waals surface area contributed by atoms with Crippen molar-refractivity contribution in [3.05, 3.63) is 35.9 Å². The molecule has 0 radical (unpaired) electrons. The third-order valence-electron chi connectivity index (χ3n) is 3.98. The van der Waals surface area contributed by atoms with Gasteiger partial charge in [-0.1, -0.05) is 37.3 Å². The van der Waals surface area contributed by atoms with Crippen LogP contribution in [-0.2, 0) is 10.3 Å². The highest BCUT2D eigenvalue weighted by molar-refractivity contribution is 5.80. The fourth-order valence-electron chi connectivity index (χ4n) is 2.53. The molecule has 4 heteroatoms. The number of carbonyl (C=O) groups excluding carboxylic acids is 1. The van der Waals surface area contributed by atoms with Crippen molar-refractivity contribution in [1.82, 2.24) is 10.6 Å². The summed E-state index contributed by atoms with van der Waals surface area (Å²) in [5.74, 6) is 0.325. The zero-order chi connectivity index (χ0) is 13.9. The molecule has 1 saturated heterocycles. The second-order valence-corrected chi connectivity index (χ2v) is 5.59. The molecule has 0 bridgehead atoms. The molecule has 0 spiro atoms. The van der Waals surface area contributed by atoms with Gasteiger partial charge in [-0.25, -0.2) is 0 Å². The van der Waals surface area contributed by atoms with E-state index in [-0.39, 0.29) is 18.4 Å². The van der Waals surface area contributed by atoms with E-state index in [1.54, 1.807) is 0 Å². The highest BCUT2D eigenvalue weighted by Gasteiger charge is 2.35. The number of benzene rings is 1. The second kappa shape index (κ2) is 5.72. The van der Waals surface area contributed by atoms with Crippen LogP contribution in [0.5, 0.6) is 0 Å². The summed E-state index contributed by atoms with van der Waals surface area (Å²) in [6.07, 6.45) is 0. The summed E-state index contributed by atoms with van der Waals surface area (Å²) in [7, 11) is 0. The van der Waals surface area contributed by atoms with E-state index < -0.39 is 5.54 Å². The van der Waals surface area contributed by atoms with E-state index in [1.807, 2.05) is 37.3 Å². The number of hydrogen-bond acceptors (Lipinski definition) is 3. The molecule has 1 aliphatic rings. The first-order valence-corrected chi connectivity index (χ1v) is 6.76. The van der Waals surface area contributed by atoms with Crippen LogP contribution in [0.3, 0.4) is 0 Å². The van der Waals surface area contributed by atoms with E-state index >= 15 is 0 Å². The van der Waals surface area contributed by atoms with Crippen LogP contribution >= 0.6 is 0 Å². The van der Waals surface area contributed by atoms with Gasteiger partial charge >= 0.3 is 0 Å². The van der Waals surface area contributed by atoms with Crippen molar-refractivity contribution >= 4 is 5.91 Å². The Morgan fingerprint density at radius 2 is 2.11 bits per heavy atom. The number of aliphatic hydroxyl groups is 1. The van der Waals surface area contributed by atoms with Gasteiger partial charge < -0.3 is 15.7 Å². The maximum absolute atomic E-state index is 12.3. The quantitative estimate of drug-likeness (QED) is 0.754. The van der Waals surface area contributed by atoms with Gasteiger partial charge in [0.05, 0.1) is 18.1 Å². The standard InChI is InChI=1S/C15H22N2O2/c1-11-8-16-9-13(11)14(19)17-15(2,10-18)12-6-4-3-5-7-12/h3-7,11,13,16,18H,8-10H2,1-2H3,(H,17,19)/t11-,13-,15?/m1/s1. The van der Waals surface area contributed by atoms with Crippen LogP contribution in [0.1, 0.15) is 19.4 Å². The Morgan fingerprint density at radius 3 is 2.63 bits per heavy atom. The molecule has 0 aromatic heterocycles. The lowest BCUT2D eigenvalue weighted by atomic mass is 9.90. The summed E-state index contributed by atoms with van der Waals surface area (Å²) >= 11 is 0. The first-order valence-electron chi connectivity index (χ1n) is 6.76. The van der Waals surface area contributed by atoms with Gasteiger partial charge in [0.25, 0.3) is 0 Å². The van der Waals surface area contributed by atoms with Gasteiger partial charge in [0.1, 0.15) is 0 Å². The van der Waals surface area contributed by atoms with Crippen molar-refractivity contribution < 1.29 is 9.90 Å². The van der Waals surface area contributed by atoms with Gasteiger partial charge in [0.15, 0.2) is 0 Å². The maximum atomic E-state index is 12.3. The lowest BCUT2D eigenvalue weighted by Crippen LogP contribution is -2.49. The van der Waals surface area contributed by atoms with Gasteiger partial charge in [-0.05, 0) is 24.9 Å². The zero-order valence-corrected chi connectivity index (χ0v) is 11.5. The van der Waals surface area contributed by atoms with Gasteiger partial charge in [0, 0.05) is 6.54 Å². The van der Waals surface area contributed by atoms with E-state index in [0.29, 0.717) is 12.5 Å². The van der Waals surface area contributed by atoms with Crippen LogP contribution in [0.25, 0.3) is 0 Å². The first kappa shape index (κ1) is 14.0. The molecular weight excluding hydrogens is 240 g/mol. The Kier molecular flexibility index (Phi) is 4.22. The third-order valence-corrected chi connectivity index (χ3v) is 3.98. The summed E-state index contributed by atoms with van der Waals surface area (Å²) in [5, 5.41) is 15.9. The van der Waals surface area contributed by atoms with E-state index in [1.165, 1.54) is 0 Å². The Bertz CT molecular complexity index is 435. The highest BCUT2D eigenvalue weighted by Crippen LogP contribution is 2.23. The number of nitrogens with one attached hydrogen (secondary N) is 2. The van der Waals surface area contributed by atoms with Crippen LogP contribution < -0.4 is 10.6 Å². The molecule has 104 valence electrons. The summed E-state index contributed by atoms with van der Waals surface area (Å²) < 4.78 is 0. The van der Waals surface area contributed by atoms with Crippen molar-refractivity contribution in [1.29, 1.82) is 0 Å². The molecule has 3 N–H and O–H groups in total.